The molecule has 0 bridgehead atoms. The Morgan fingerprint density at radius 2 is 2.12 bits per heavy atom. The van der Waals surface area contributed by atoms with E-state index < -0.39 is 0 Å². The molecule has 2 aromatic rings. The SMILES string of the molecule is OCc1ccnc(-n2cnc3c2CCCC3)c1. The van der Waals surface area contributed by atoms with E-state index in [2.05, 4.69) is 9.97 Å². The van der Waals surface area contributed by atoms with Crippen LogP contribution in [-0.4, -0.2) is 19.6 Å². The summed E-state index contributed by atoms with van der Waals surface area (Å²) in [5.74, 6) is 0.854. The summed E-state index contributed by atoms with van der Waals surface area (Å²) in [7, 11) is 0. The first-order valence-electron chi connectivity index (χ1n) is 6.00. The van der Waals surface area contributed by atoms with Gasteiger partial charge in [-0.25, -0.2) is 9.97 Å². The average molecular weight is 229 g/mol. The van der Waals surface area contributed by atoms with Crippen LogP contribution in [-0.2, 0) is 19.4 Å². The molecule has 2 aromatic heterocycles. The van der Waals surface area contributed by atoms with E-state index >= 15 is 0 Å². The highest BCUT2D eigenvalue weighted by Gasteiger charge is 2.16. The maximum Gasteiger partial charge on any atom is 0.138 e. The minimum atomic E-state index is 0.0480. The summed E-state index contributed by atoms with van der Waals surface area (Å²) in [6, 6.07) is 3.74. The molecule has 0 radical (unpaired) electrons. The van der Waals surface area contributed by atoms with Crippen molar-refractivity contribution in [1.29, 1.82) is 0 Å². The molecule has 1 aliphatic carbocycles. The number of imidazole rings is 1. The molecule has 0 atom stereocenters. The highest BCUT2D eigenvalue weighted by molar-refractivity contribution is 5.32. The molecule has 3 rings (SSSR count). The molecular weight excluding hydrogens is 214 g/mol. The van der Waals surface area contributed by atoms with Gasteiger partial charge in [-0.05, 0) is 43.4 Å². The Morgan fingerprint density at radius 3 is 3.00 bits per heavy atom. The quantitative estimate of drug-likeness (QED) is 0.851. The zero-order chi connectivity index (χ0) is 11.7. The molecular formula is C13H15N3O. The predicted octanol–water partition coefficient (Wildman–Crippen LogP) is 1.64. The second-order valence-corrected chi connectivity index (χ2v) is 4.40. The fraction of sp³-hybridized carbons (Fsp3) is 0.385. The third-order valence-electron chi connectivity index (χ3n) is 3.27. The zero-order valence-corrected chi connectivity index (χ0v) is 9.63. The Balaban J connectivity index is 2.05. The Hall–Kier alpha value is -1.68. The Kier molecular flexibility index (Phi) is 2.65. The van der Waals surface area contributed by atoms with Gasteiger partial charge in [-0.2, -0.15) is 0 Å². The third kappa shape index (κ3) is 1.85. The zero-order valence-electron chi connectivity index (χ0n) is 9.63. The number of pyridine rings is 1. The molecule has 0 fully saturated rings. The lowest BCUT2D eigenvalue weighted by molar-refractivity contribution is 0.281. The van der Waals surface area contributed by atoms with Gasteiger partial charge in [-0.1, -0.05) is 0 Å². The molecule has 88 valence electrons. The topological polar surface area (TPSA) is 50.9 Å². The van der Waals surface area contributed by atoms with Crippen LogP contribution >= 0.6 is 0 Å². The standard InChI is InChI=1S/C13H15N3O/c17-8-10-5-6-14-13(7-10)16-9-15-11-3-1-2-4-12(11)16/h5-7,9,17H,1-4,8H2. The van der Waals surface area contributed by atoms with Crippen LogP contribution < -0.4 is 0 Å². The average Bonchev–Trinajstić information content (AvgIpc) is 2.82. The number of hydrogen-bond acceptors (Lipinski definition) is 3. The van der Waals surface area contributed by atoms with Crippen molar-refractivity contribution in [1.82, 2.24) is 14.5 Å². The molecule has 0 spiro atoms. The van der Waals surface area contributed by atoms with Gasteiger partial charge in [0.2, 0.25) is 0 Å². The smallest absolute Gasteiger partial charge is 0.138 e. The summed E-state index contributed by atoms with van der Waals surface area (Å²) < 4.78 is 2.05. The second kappa shape index (κ2) is 4.30. The number of aliphatic hydroxyl groups excluding tert-OH is 1. The van der Waals surface area contributed by atoms with Crippen LogP contribution in [0.1, 0.15) is 29.8 Å². The number of nitrogens with zero attached hydrogens (tertiary/aromatic N) is 3. The first-order valence-corrected chi connectivity index (χ1v) is 6.00. The number of aromatic nitrogens is 3. The third-order valence-corrected chi connectivity index (χ3v) is 3.27. The first-order chi connectivity index (χ1) is 8.38. The fourth-order valence-corrected chi connectivity index (χ4v) is 2.36. The van der Waals surface area contributed by atoms with Crippen molar-refractivity contribution in [3.8, 4) is 5.82 Å². The number of fused-ring (bicyclic) bond motifs is 1. The van der Waals surface area contributed by atoms with Crippen molar-refractivity contribution in [2.24, 2.45) is 0 Å². The molecule has 0 aliphatic heterocycles. The van der Waals surface area contributed by atoms with Crippen LogP contribution in [0.15, 0.2) is 24.7 Å². The molecule has 1 N–H and O–H groups in total. The lowest BCUT2D eigenvalue weighted by atomic mass is 10.0. The predicted molar refractivity (Wildman–Crippen MR) is 63.9 cm³/mol. The molecule has 17 heavy (non-hydrogen) atoms. The van der Waals surface area contributed by atoms with E-state index in [1.807, 2.05) is 23.0 Å². The van der Waals surface area contributed by atoms with E-state index in [1.165, 1.54) is 24.2 Å². The summed E-state index contributed by atoms with van der Waals surface area (Å²) >= 11 is 0. The number of rotatable bonds is 2. The van der Waals surface area contributed by atoms with Crippen LogP contribution in [0.4, 0.5) is 0 Å². The molecule has 0 saturated carbocycles. The van der Waals surface area contributed by atoms with Crippen molar-refractivity contribution in [3.63, 3.8) is 0 Å². The monoisotopic (exact) mass is 229 g/mol. The van der Waals surface area contributed by atoms with Gasteiger partial charge in [0.05, 0.1) is 12.3 Å². The number of aryl methyl sites for hydroxylation is 1. The summed E-state index contributed by atoms with van der Waals surface area (Å²) in [6.07, 6.45) is 8.17. The van der Waals surface area contributed by atoms with Gasteiger partial charge in [0, 0.05) is 11.9 Å². The lowest BCUT2D eigenvalue weighted by Crippen LogP contribution is -2.08. The normalized spacial score (nSPS) is 14.6. The maximum absolute atomic E-state index is 9.15. The summed E-state index contributed by atoms with van der Waals surface area (Å²) in [5.41, 5.74) is 3.36. The summed E-state index contributed by atoms with van der Waals surface area (Å²) in [4.78, 5) is 8.80. The van der Waals surface area contributed by atoms with Crippen molar-refractivity contribution in [3.05, 3.63) is 41.6 Å². The van der Waals surface area contributed by atoms with Crippen LogP contribution in [0.2, 0.25) is 0 Å². The van der Waals surface area contributed by atoms with Crippen molar-refractivity contribution < 1.29 is 5.11 Å². The van der Waals surface area contributed by atoms with Gasteiger partial charge in [0.15, 0.2) is 0 Å². The Morgan fingerprint density at radius 1 is 1.24 bits per heavy atom. The van der Waals surface area contributed by atoms with Gasteiger partial charge in [-0.3, -0.25) is 4.57 Å². The first kappa shape index (κ1) is 10.5. The van der Waals surface area contributed by atoms with Gasteiger partial charge in [-0.15, -0.1) is 0 Å². The summed E-state index contributed by atoms with van der Waals surface area (Å²) in [5, 5.41) is 9.15. The van der Waals surface area contributed by atoms with E-state index in [-0.39, 0.29) is 6.61 Å². The van der Waals surface area contributed by atoms with Crippen LogP contribution in [0.5, 0.6) is 0 Å². The van der Waals surface area contributed by atoms with Crippen molar-refractivity contribution in [2.75, 3.05) is 0 Å². The molecule has 1 aliphatic rings. The molecule has 0 unspecified atom stereocenters. The van der Waals surface area contributed by atoms with E-state index in [1.54, 1.807) is 6.20 Å². The molecule has 4 nitrogen and oxygen atoms in total. The van der Waals surface area contributed by atoms with E-state index in [4.69, 9.17) is 5.11 Å². The second-order valence-electron chi connectivity index (χ2n) is 4.40. The molecule has 2 heterocycles. The van der Waals surface area contributed by atoms with Crippen LogP contribution in [0, 0.1) is 0 Å². The highest BCUT2D eigenvalue weighted by atomic mass is 16.3. The lowest BCUT2D eigenvalue weighted by Gasteiger charge is -2.13. The maximum atomic E-state index is 9.15. The fourth-order valence-electron chi connectivity index (χ4n) is 2.36. The minimum absolute atomic E-state index is 0.0480. The van der Waals surface area contributed by atoms with Gasteiger partial charge >= 0.3 is 0 Å². The molecule has 0 saturated heterocycles. The van der Waals surface area contributed by atoms with Gasteiger partial charge in [0.25, 0.3) is 0 Å². The number of aliphatic hydroxyl groups is 1. The van der Waals surface area contributed by atoms with Gasteiger partial charge in [0.1, 0.15) is 12.1 Å². The van der Waals surface area contributed by atoms with Crippen molar-refractivity contribution in [2.45, 2.75) is 32.3 Å². The van der Waals surface area contributed by atoms with E-state index in [9.17, 15) is 0 Å². The highest BCUT2D eigenvalue weighted by Crippen LogP contribution is 2.22. The largest absolute Gasteiger partial charge is 0.392 e. The van der Waals surface area contributed by atoms with E-state index in [0.717, 1.165) is 24.2 Å². The van der Waals surface area contributed by atoms with Crippen molar-refractivity contribution >= 4 is 0 Å². The summed E-state index contributed by atoms with van der Waals surface area (Å²) in [6.45, 7) is 0.0480. The molecule has 0 amide bonds. The number of hydrogen-bond donors (Lipinski definition) is 1. The molecule has 0 aromatic carbocycles. The Labute approximate surface area is 100.0 Å². The Bertz CT molecular complexity index is 533. The molecule has 4 heteroatoms. The van der Waals surface area contributed by atoms with Crippen LogP contribution in [0.25, 0.3) is 5.82 Å². The minimum Gasteiger partial charge on any atom is -0.392 e. The van der Waals surface area contributed by atoms with E-state index in [0.29, 0.717) is 0 Å². The van der Waals surface area contributed by atoms with Gasteiger partial charge < -0.3 is 5.11 Å². The van der Waals surface area contributed by atoms with Crippen LogP contribution in [0.3, 0.4) is 0 Å².